The van der Waals surface area contributed by atoms with E-state index in [-0.39, 0.29) is 24.0 Å². The zero-order valence-corrected chi connectivity index (χ0v) is 10.0. The zero-order valence-electron chi connectivity index (χ0n) is 10.0. The van der Waals surface area contributed by atoms with Crippen molar-refractivity contribution in [3.8, 4) is 0 Å². The standard InChI is InChI=1S/C11H15F2N5/c1-7(2)5-16-11(14)17-6-9-15-4-3-8(18-9)10(12)13/h3-4,10H,1,5-6H2,2H3,(H3,14,16,17). The summed E-state index contributed by atoms with van der Waals surface area (Å²) in [6.45, 7) is 6.10. The fourth-order valence-corrected chi connectivity index (χ4v) is 1.07. The maximum Gasteiger partial charge on any atom is 0.280 e. The molecule has 0 unspecified atom stereocenters. The second-order valence-corrected chi connectivity index (χ2v) is 3.71. The summed E-state index contributed by atoms with van der Waals surface area (Å²) in [6.07, 6.45) is -1.34. The first-order valence-electron chi connectivity index (χ1n) is 5.27. The van der Waals surface area contributed by atoms with Crippen molar-refractivity contribution < 1.29 is 8.78 Å². The van der Waals surface area contributed by atoms with E-state index in [0.717, 1.165) is 5.57 Å². The highest BCUT2D eigenvalue weighted by molar-refractivity contribution is 5.77. The van der Waals surface area contributed by atoms with Gasteiger partial charge in [-0.3, -0.25) is 0 Å². The van der Waals surface area contributed by atoms with Crippen LogP contribution < -0.4 is 11.1 Å². The molecule has 3 N–H and O–H groups in total. The molecule has 0 saturated heterocycles. The number of hydrogen-bond acceptors (Lipinski definition) is 3. The van der Waals surface area contributed by atoms with E-state index in [1.54, 1.807) is 0 Å². The number of nitrogens with one attached hydrogen (secondary N) is 1. The minimum atomic E-state index is -2.62. The maximum atomic E-state index is 12.4. The number of guanidine groups is 1. The Hall–Kier alpha value is -2.05. The molecule has 0 aromatic carbocycles. The van der Waals surface area contributed by atoms with E-state index >= 15 is 0 Å². The second-order valence-electron chi connectivity index (χ2n) is 3.71. The summed E-state index contributed by atoms with van der Waals surface area (Å²) in [5.41, 5.74) is 6.15. The molecule has 0 aliphatic carbocycles. The highest BCUT2D eigenvalue weighted by atomic mass is 19.3. The van der Waals surface area contributed by atoms with E-state index in [1.807, 2.05) is 6.92 Å². The van der Waals surface area contributed by atoms with Crippen molar-refractivity contribution in [1.29, 1.82) is 0 Å². The molecule has 0 saturated carbocycles. The lowest BCUT2D eigenvalue weighted by Crippen LogP contribution is -2.32. The fourth-order valence-electron chi connectivity index (χ4n) is 1.07. The fraction of sp³-hybridized carbons (Fsp3) is 0.364. The Morgan fingerprint density at radius 3 is 2.94 bits per heavy atom. The van der Waals surface area contributed by atoms with Gasteiger partial charge in [-0.25, -0.2) is 23.7 Å². The smallest absolute Gasteiger partial charge is 0.280 e. The van der Waals surface area contributed by atoms with E-state index in [9.17, 15) is 8.78 Å². The van der Waals surface area contributed by atoms with Crippen LogP contribution in [0.5, 0.6) is 0 Å². The molecule has 1 aromatic heterocycles. The number of nitrogens with two attached hydrogens (primary N) is 1. The molecule has 0 spiro atoms. The molecular weight excluding hydrogens is 240 g/mol. The van der Waals surface area contributed by atoms with Crippen LogP contribution in [0.4, 0.5) is 8.78 Å². The van der Waals surface area contributed by atoms with Crippen LogP contribution in [0.25, 0.3) is 0 Å². The lowest BCUT2D eigenvalue weighted by Gasteiger charge is -2.05. The van der Waals surface area contributed by atoms with Gasteiger partial charge in [-0.05, 0) is 13.0 Å². The third-order valence-corrected chi connectivity index (χ3v) is 1.91. The largest absolute Gasteiger partial charge is 0.370 e. The lowest BCUT2D eigenvalue weighted by molar-refractivity contribution is 0.145. The van der Waals surface area contributed by atoms with Gasteiger partial charge in [-0.15, -0.1) is 0 Å². The molecule has 0 bridgehead atoms. The molecule has 0 aliphatic rings. The molecular formula is C11H15F2N5. The molecule has 0 radical (unpaired) electrons. The average Bonchev–Trinajstić information content (AvgIpc) is 2.34. The van der Waals surface area contributed by atoms with Crippen molar-refractivity contribution in [2.75, 3.05) is 6.54 Å². The first-order chi connectivity index (χ1) is 8.49. The molecule has 18 heavy (non-hydrogen) atoms. The summed E-state index contributed by atoms with van der Waals surface area (Å²) in [6, 6.07) is 1.17. The minimum absolute atomic E-state index is 0.0512. The van der Waals surface area contributed by atoms with Gasteiger partial charge in [0.15, 0.2) is 5.96 Å². The first kappa shape index (κ1) is 14.0. The van der Waals surface area contributed by atoms with Gasteiger partial charge in [-0.2, -0.15) is 0 Å². The Labute approximate surface area is 104 Å². The summed E-state index contributed by atoms with van der Waals surface area (Å²) >= 11 is 0. The van der Waals surface area contributed by atoms with Gasteiger partial charge in [0.05, 0.1) is 0 Å². The first-order valence-corrected chi connectivity index (χ1v) is 5.27. The second kappa shape index (κ2) is 6.63. The van der Waals surface area contributed by atoms with E-state index in [2.05, 4.69) is 26.9 Å². The highest BCUT2D eigenvalue weighted by Gasteiger charge is 2.09. The predicted molar refractivity (Wildman–Crippen MR) is 65.1 cm³/mol. The van der Waals surface area contributed by atoms with E-state index < -0.39 is 6.43 Å². The number of nitrogens with zero attached hydrogens (tertiary/aromatic N) is 3. The minimum Gasteiger partial charge on any atom is -0.370 e. The maximum absolute atomic E-state index is 12.4. The molecule has 1 heterocycles. The third kappa shape index (κ3) is 4.86. The quantitative estimate of drug-likeness (QED) is 0.473. The molecule has 0 fully saturated rings. The van der Waals surface area contributed by atoms with Crippen molar-refractivity contribution in [3.05, 3.63) is 35.9 Å². The summed E-state index contributed by atoms with van der Waals surface area (Å²) in [5, 5.41) is 2.81. The van der Waals surface area contributed by atoms with Crippen LogP contribution in [0.3, 0.4) is 0 Å². The van der Waals surface area contributed by atoms with E-state index in [0.29, 0.717) is 6.54 Å². The molecule has 1 aromatic rings. The van der Waals surface area contributed by atoms with Gasteiger partial charge >= 0.3 is 0 Å². The Kier molecular flexibility index (Phi) is 5.16. The summed E-state index contributed by atoms with van der Waals surface area (Å²) < 4.78 is 24.8. The Morgan fingerprint density at radius 1 is 1.61 bits per heavy atom. The molecule has 0 atom stereocenters. The molecule has 98 valence electrons. The van der Waals surface area contributed by atoms with Gasteiger partial charge < -0.3 is 11.1 Å². The Morgan fingerprint density at radius 2 is 2.33 bits per heavy atom. The van der Waals surface area contributed by atoms with Crippen LogP contribution in [0, 0.1) is 0 Å². The van der Waals surface area contributed by atoms with Crippen LogP contribution in [-0.4, -0.2) is 22.5 Å². The van der Waals surface area contributed by atoms with Crippen molar-refractivity contribution in [2.24, 2.45) is 10.7 Å². The predicted octanol–water partition coefficient (Wildman–Crippen LogP) is 1.39. The number of halogens is 2. The number of hydrogen-bond donors (Lipinski definition) is 2. The average molecular weight is 255 g/mol. The summed E-state index contributed by atoms with van der Waals surface area (Å²) in [7, 11) is 0. The van der Waals surface area contributed by atoms with Crippen molar-refractivity contribution in [2.45, 2.75) is 19.9 Å². The van der Waals surface area contributed by atoms with Gasteiger partial charge in [0.2, 0.25) is 0 Å². The normalized spacial score (nSPS) is 11.7. The summed E-state index contributed by atoms with van der Waals surface area (Å²) in [5.74, 6) is 0.400. The Bertz CT molecular complexity index is 445. The van der Waals surface area contributed by atoms with Gasteiger partial charge in [-0.1, -0.05) is 12.2 Å². The lowest BCUT2D eigenvalue weighted by atomic mass is 10.3. The van der Waals surface area contributed by atoms with Gasteiger partial charge in [0.1, 0.15) is 18.1 Å². The molecule has 7 heteroatoms. The van der Waals surface area contributed by atoms with Gasteiger partial charge in [0, 0.05) is 12.7 Å². The van der Waals surface area contributed by atoms with Crippen LogP contribution in [0.1, 0.15) is 24.9 Å². The van der Waals surface area contributed by atoms with E-state index in [1.165, 1.54) is 12.3 Å². The monoisotopic (exact) mass is 255 g/mol. The molecule has 5 nitrogen and oxygen atoms in total. The van der Waals surface area contributed by atoms with Crippen LogP contribution in [0.2, 0.25) is 0 Å². The SMILES string of the molecule is C=C(C)CNC(N)=NCc1nccc(C(F)F)n1. The van der Waals surface area contributed by atoms with Crippen molar-refractivity contribution in [1.82, 2.24) is 15.3 Å². The van der Waals surface area contributed by atoms with Crippen LogP contribution in [-0.2, 0) is 6.54 Å². The zero-order chi connectivity index (χ0) is 13.5. The number of aliphatic imine (C=N–C) groups is 1. The molecule has 0 amide bonds. The molecule has 0 aliphatic heterocycles. The number of rotatable bonds is 5. The molecule has 1 rings (SSSR count). The van der Waals surface area contributed by atoms with Crippen LogP contribution >= 0.6 is 0 Å². The van der Waals surface area contributed by atoms with Crippen LogP contribution in [0.15, 0.2) is 29.4 Å². The Balaban J connectivity index is 2.59. The van der Waals surface area contributed by atoms with E-state index in [4.69, 9.17) is 5.73 Å². The van der Waals surface area contributed by atoms with Gasteiger partial charge in [0.25, 0.3) is 6.43 Å². The van der Waals surface area contributed by atoms with Crippen molar-refractivity contribution >= 4 is 5.96 Å². The summed E-state index contributed by atoms with van der Waals surface area (Å²) in [4.78, 5) is 11.4. The number of aromatic nitrogens is 2. The third-order valence-electron chi connectivity index (χ3n) is 1.91. The highest BCUT2D eigenvalue weighted by Crippen LogP contribution is 2.15. The van der Waals surface area contributed by atoms with Crippen molar-refractivity contribution in [3.63, 3.8) is 0 Å². The number of alkyl halides is 2. The topological polar surface area (TPSA) is 76.2 Å².